The van der Waals surface area contributed by atoms with E-state index >= 15 is 0 Å². The molecule has 0 saturated heterocycles. The first-order valence-corrected chi connectivity index (χ1v) is 11.2. The Morgan fingerprint density at radius 1 is 1.16 bits per heavy atom. The average molecular weight is 412 g/mol. The zero-order valence-electron chi connectivity index (χ0n) is 14.1. The molecule has 25 heavy (non-hydrogen) atoms. The summed E-state index contributed by atoms with van der Waals surface area (Å²) in [5.41, 5.74) is 6.24. The molecule has 1 aliphatic carbocycles. The van der Waals surface area contributed by atoms with Gasteiger partial charge in [0.2, 0.25) is 20.0 Å². The number of hydrogen-bond acceptors (Lipinski definition) is 5. The number of anilines is 1. The summed E-state index contributed by atoms with van der Waals surface area (Å²) < 4.78 is 53.0. The molecule has 7 nitrogen and oxygen atoms in total. The minimum atomic E-state index is -3.64. The first kappa shape index (κ1) is 22.2. The Bertz CT molecular complexity index is 747. The SMILES string of the molecule is CCCCS(=O)(=O)Nc1ccc(S(=O)(=O)NCC(N)C2CC2)cc1.Cl. The van der Waals surface area contributed by atoms with Gasteiger partial charge in [0.05, 0.1) is 10.6 Å². The molecule has 0 heterocycles. The first-order valence-electron chi connectivity index (χ1n) is 8.09. The van der Waals surface area contributed by atoms with Gasteiger partial charge < -0.3 is 5.73 Å². The van der Waals surface area contributed by atoms with E-state index in [0.29, 0.717) is 18.0 Å². The molecular formula is C15H26ClN3O4S2. The zero-order valence-corrected chi connectivity index (χ0v) is 16.6. The molecule has 1 aliphatic rings. The van der Waals surface area contributed by atoms with Crippen molar-refractivity contribution in [1.82, 2.24) is 4.72 Å². The highest BCUT2D eigenvalue weighted by molar-refractivity contribution is 7.92. The average Bonchev–Trinajstić information content (AvgIpc) is 3.36. The molecule has 0 aromatic heterocycles. The van der Waals surface area contributed by atoms with Gasteiger partial charge in [-0.05, 0) is 49.4 Å². The van der Waals surface area contributed by atoms with Crippen LogP contribution < -0.4 is 15.2 Å². The molecule has 1 fully saturated rings. The highest BCUT2D eigenvalue weighted by Crippen LogP contribution is 2.31. The third-order valence-corrected chi connectivity index (χ3v) is 6.75. The predicted octanol–water partition coefficient (Wildman–Crippen LogP) is 1.67. The molecule has 2 rings (SSSR count). The molecule has 0 amide bonds. The predicted molar refractivity (Wildman–Crippen MR) is 102 cm³/mol. The fourth-order valence-electron chi connectivity index (χ4n) is 2.25. The minimum absolute atomic E-state index is 0. The van der Waals surface area contributed by atoms with Crippen molar-refractivity contribution < 1.29 is 16.8 Å². The van der Waals surface area contributed by atoms with Crippen LogP contribution in [0.15, 0.2) is 29.2 Å². The Hall–Kier alpha value is -0.870. The second kappa shape index (κ2) is 9.18. The molecule has 10 heteroatoms. The summed E-state index contributed by atoms with van der Waals surface area (Å²) in [6, 6.07) is 5.48. The van der Waals surface area contributed by atoms with Gasteiger partial charge in [0, 0.05) is 18.3 Å². The maximum Gasteiger partial charge on any atom is 0.240 e. The quantitative estimate of drug-likeness (QED) is 0.541. The topological polar surface area (TPSA) is 118 Å². The fraction of sp³-hybridized carbons (Fsp3) is 0.600. The van der Waals surface area contributed by atoms with Crippen LogP contribution in [-0.4, -0.2) is 35.2 Å². The zero-order chi connectivity index (χ0) is 17.8. The number of nitrogens with one attached hydrogen (secondary N) is 2. The van der Waals surface area contributed by atoms with Crippen molar-refractivity contribution in [2.24, 2.45) is 11.7 Å². The van der Waals surface area contributed by atoms with E-state index in [1.165, 1.54) is 24.3 Å². The van der Waals surface area contributed by atoms with Gasteiger partial charge in [0.25, 0.3) is 0 Å². The van der Waals surface area contributed by atoms with Gasteiger partial charge in [-0.3, -0.25) is 4.72 Å². The fourth-order valence-corrected chi connectivity index (χ4v) is 4.59. The van der Waals surface area contributed by atoms with Crippen LogP contribution in [-0.2, 0) is 20.0 Å². The normalized spacial score (nSPS) is 16.1. The standard InChI is InChI=1S/C15H25N3O4S2.ClH/c1-2-3-10-23(19,20)18-13-6-8-14(9-7-13)24(21,22)17-11-15(16)12-4-5-12;/h6-9,12,15,17-18H,2-5,10-11,16H2,1H3;1H. The molecule has 0 aliphatic heterocycles. The van der Waals surface area contributed by atoms with Crippen LogP contribution in [0.5, 0.6) is 0 Å². The van der Waals surface area contributed by atoms with E-state index in [1.807, 2.05) is 6.92 Å². The highest BCUT2D eigenvalue weighted by Gasteiger charge is 2.29. The summed E-state index contributed by atoms with van der Waals surface area (Å²) in [4.78, 5) is 0.0852. The van der Waals surface area contributed by atoms with Gasteiger partial charge in [-0.15, -0.1) is 12.4 Å². The lowest BCUT2D eigenvalue weighted by atomic mass is 10.2. The number of sulfonamides is 2. The van der Waals surface area contributed by atoms with Crippen molar-refractivity contribution in [3.8, 4) is 0 Å². The summed E-state index contributed by atoms with van der Waals surface area (Å²) in [6.07, 6.45) is 3.46. The van der Waals surface area contributed by atoms with Crippen LogP contribution in [0.2, 0.25) is 0 Å². The van der Waals surface area contributed by atoms with E-state index < -0.39 is 20.0 Å². The molecule has 1 aromatic rings. The van der Waals surface area contributed by atoms with E-state index in [-0.39, 0.29) is 35.6 Å². The Kier molecular flexibility index (Phi) is 8.14. The number of unbranched alkanes of at least 4 members (excludes halogenated alkanes) is 1. The lowest BCUT2D eigenvalue weighted by Gasteiger charge is -2.13. The van der Waals surface area contributed by atoms with Crippen molar-refractivity contribution in [3.05, 3.63) is 24.3 Å². The number of nitrogens with two attached hydrogens (primary N) is 1. The molecule has 0 bridgehead atoms. The number of rotatable bonds is 10. The van der Waals surface area contributed by atoms with Gasteiger partial charge in [-0.1, -0.05) is 13.3 Å². The summed E-state index contributed by atoms with van der Waals surface area (Å²) in [6.45, 7) is 2.12. The second-order valence-electron chi connectivity index (χ2n) is 6.15. The Morgan fingerprint density at radius 2 is 1.76 bits per heavy atom. The molecule has 144 valence electrons. The van der Waals surface area contributed by atoms with Crippen LogP contribution in [0, 0.1) is 5.92 Å². The van der Waals surface area contributed by atoms with E-state index in [0.717, 1.165) is 19.3 Å². The second-order valence-corrected chi connectivity index (χ2v) is 9.76. The highest BCUT2D eigenvalue weighted by atomic mass is 35.5. The van der Waals surface area contributed by atoms with Crippen LogP contribution in [0.3, 0.4) is 0 Å². The third kappa shape index (κ3) is 7.10. The number of benzene rings is 1. The van der Waals surface area contributed by atoms with Gasteiger partial charge in [-0.2, -0.15) is 0 Å². The molecular weight excluding hydrogens is 386 g/mol. The van der Waals surface area contributed by atoms with Gasteiger partial charge in [0.15, 0.2) is 0 Å². The molecule has 4 N–H and O–H groups in total. The van der Waals surface area contributed by atoms with Crippen molar-refractivity contribution in [3.63, 3.8) is 0 Å². The largest absolute Gasteiger partial charge is 0.326 e. The van der Waals surface area contributed by atoms with Crippen molar-refractivity contribution >= 4 is 38.1 Å². The number of halogens is 1. The monoisotopic (exact) mass is 411 g/mol. The van der Waals surface area contributed by atoms with Crippen LogP contribution >= 0.6 is 12.4 Å². The van der Waals surface area contributed by atoms with Crippen molar-refractivity contribution in [1.29, 1.82) is 0 Å². The maximum atomic E-state index is 12.2. The molecule has 1 unspecified atom stereocenters. The molecule has 1 saturated carbocycles. The number of hydrogen-bond donors (Lipinski definition) is 3. The van der Waals surface area contributed by atoms with E-state index in [1.54, 1.807) is 0 Å². The van der Waals surface area contributed by atoms with E-state index in [9.17, 15) is 16.8 Å². The Morgan fingerprint density at radius 3 is 2.28 bits per heavy atom. The Balaban J connectivity index is 0.00000312. The summed E-state index contributed by atoms with van der Waals surface area (Å²) in [5.74, 6) is 0.456. The van der Waals surface area contributed by atoms with Gasteiger partial charge >= 0.3 is 0 Å². The Labute approximate surface area is 156 Å². The van der Waals surface area contributed by atoms with E-state index in [2.05, 4.69) is 9.44 Å². The van der Waals surface area contributed by atoms with Crippen LogP contribution in [0.4, 0.5) is 5.69 Å². The van der Waals surface area contributed by atoms with Crippen molar-refractivity contribution in [2.45, 2.75) is 43.5 Å². The minimum Gasteiger partial charge on any atom is -0.326 e. The third-order valence-electron chi connectivity index (χ3n) is 3.94. The van der Waals surface area contributed by atoms with Gasteiger partial charge in [-0.25, -0.2) is 21.6 Å². The molecule has 0 spiro atoms. The summed E-state index contributed by atoms with van der Waals surface area (Å²) in [7, 11) is -7.04. The molecule has 0 radical (unpaired) electrons. The lowest BCUT2D eigenvalue weighted by Crippen LogP contribution is -2.38. The summed E-state index contributed by atoms with van der Waals surface area (Å²) >= 11 is 0. The van der Waals surface area contributed by atoms with Crippen LogP contribution in [0.25, 0.3) is 0 Å². The summed E-state index contributed by atoms with van der Waals surface area (Å²) in [5, 5.41) is 0. The maximum absolute atomic E-state index is 12.2. The van der Waals surface area contributed by atoms with E-state index in [4.69, 9.17) is 5.73 Å². The van der Waals surface area contributed by atoms with Crippen LogP contribution in [0.1, 0.15) is 32.6 Å². The first-order chi connectivity index (χ1) is 11.2. The lowest BCUT2D eigenvalue weighted by molar-refractivity contribution is 0.548. The van der Waals surface area contributed by atoms with Gasteiger partial charge in [0.1, 0.15) is 0 Å². The smallest absolute Gasteiger partial charge is 0.240 e. The van der Waals surface area contributed by atoms with Crippen molar-refractivity contribution in [2.75, 3.05) is 17.0 Å². The molecule has 1 aromatic carbocycles. The molecule has 1 atom stereocenters.